The van der Waals surface area contributed by atoms with Gasteiger partial charge in [-0.05, 0) is 36.4 Å². The molecule has 0 aliphatic heterocycles. The van der Waals surface area contributed by atoms with Crippen molar-refractivity contribution >= 4 is 23.4 Å². The second-order valence-electron chi connectivity index (χ2n) is 6.41. The Morgan fingerprint density at radius 2 is 1.60 bits per heavy atom. The summed E-state index contributed by atoms with van der Waals surface area (Å²) < 4.78 is 7.22. The fraction of sp³-hybridized carbons (Fsp3) is 0.0870. The molecule has 0 saturated heterocycles. The maximum Gasteiger partial charge on any atom is 0.234 e. The number of carbonyl (C=O) groups excluding carboxylic acids is 1. The highest BCUT2D eigenvalue weighted by molar-refractivity contribution is 7.99. The van der Waals surface area contributed by atoms with Crippen LogP contribution in [0.4, 0.5) is 5.69 Å². The molecule has 4 rings (SSSR count). The summed E-state index contributed by atoms with van der Waals surface area (Å²) in [6.07, 6.45) is 0. The quantitative estimate of drug-likeness (QED) is 0.443. The molecule has 0 unspecified atom stereocenters. The van der Waals surface area contributed by atoms with Gasteiger partial charge in [0.1, 0.15) is 5.75 Å². The molecule has 0 aliphatic rings. The topological polar surface area (TPSA) is 69.0 Å². The van der Waals surface area contributed by atoms with Crippen LogP contribution in [0, 0.1) is 0 Å². The van der Waals surface area contributed by atoms with E-state index in [-0.39, 0.29) is 11.7 Å². The molecule has 1 N–H and O–H groups in total. The largest absolute Gasteiger partial charge is 0.497 e. The van der Waals surface area contributed by atoms with Crippen molar-refractivity contribution in [3.05, 3.63) is 84.9 Å². The Balaban J connectivity index is 1.60. The number of thioether (sulfide) groups is 1. The van der Waals surface area contributed by atoms with Crippen LogP contribution < -0.4 is 10.1 Å². The lowest BCUT2D eigenvalue weighted by atomic mass is 10.2. The molecular formula is C23H20N4O2S. The number of hydrogen-bond acceptors (Lipinski definition) is 5. The van der Waals surface area contributed by atoms with Gasteiger partial charge < -0.3 is 10.1 Å². The number of aromatic nitrogens is 3. The molecule has 0 fully saturated rings. The number of methoxy groups -OCH3 is 1. The Morgan fingerprint density at radius 3 is 2.27 bits per heavy atom. The average Bonchev–Trinajstić information content (AvgIpc) is 3.23. The molecule has 4 aromatic rings. The predicted octanol–water partition coefficient (Wildman–Crippen LogP) is 4.67. The van der Waals surface area contributed by atoms with Gasteiger partial charge in [0, 0.05) is 16.9 Å². The third-order valence-corrected chi connectivity index (χ3v) is 5.31. The maximum absolute atomic E-state index is 12.4. The van der Waals surface area contributed by atoms with Crippen molar-refractivity contribution in [2.45, 2.75) is 5.16 Å². The standard InChI is InChI=1S/C23H20N4O2S/c1-29-20-14-12-19(13-15-20)27-22(17-8-4-2-5-9-17)25-26-23(27)30-16-21(28)24-18-10-6-3-7-11-18/h2-15H,16H2,1H3,(H,24,28). The van der Waals surface area contributed by atoms with Gasteiger partial charge in [-0.1, -0.05) is 60.3 Å². The smallest absolute Gasteiger partial charge is 0.234 e. The van der Waals surface area contributed by atoms with Gasteiger partial charge in [-0.2, -0.15) is 0 Å². The highest BCUT2D eigenvalue weighted by Crippen LogP contribution is 2.28. The monoisotopic (exact) mass is 416 g/mol. The molecule has 0 radical (unpaired) electrons. The SMILES string of the molecule is COc1ccc(-n2c(SCC(=O)Nc3ccccc3)nnc2-c2ccccc2)cc1. The van der Waals surface area contributed by atoms with Gasteiger partial charge in [-0.25, -0.2) is 0 Å². The normalized spacial score (nSPS) is 10.6. The molecular weight excluding hydrogens is 396 g/mol. The predicted molar refractivity (Wildman–Crippen MR) is 119 cm³/mol. The molecule has 1 amide bonds. The van der Waals surface area contributed by atoms with Crippen LogP contribution in [-0.2, 0) is 4.79 Å². The van der Waals surface area contributed by atoms with Crippen LogP contribution >= 0.6 is 11.8 Å². The van der Waals surface area contributed by atoms with E-state index < -0.39 is 0 Å². The van der Waals surface area contributed by atoms with Crippen molar-refractivity contribution < 1.29 is 9.53 Å². The van der Waals surface area contributed by atoms with E-state index in [9.17, 15) is 4.79 Å². The molecule has 30 heavy (non-hydrogen) atoms. The lowest BCUT2D eigenvalue weighted by Crippen LogP contribution is -2.14. The third-order valence-electron chi connectivity index (χ3n) is 4.39. The first-order valence-corrected chi connectivity index (χ1v) is 10.4. The van der Waals surface area contributed by atoms with Crippen LogP contribution in [0.15, 0.2) is 90.1 Å². The molecule has 0 atom stereocenters. The van der Waals surface area contributed by atoms with Crippen molar-refractivity contribution in [2.24, 2.45) is 0 Å². The van der Waals surface area contributed by atoms with Gasteiger partial charge in [0.25, 0.3) is 0 Å². The Bertz CT molecular complexity index is 1110. The first-order chi connectivity index (χ1) is 14.7. The molecule has 0 bridgehead atoms. The van der Waals surface area contributed by atoms with Crippen LogP contribution in [0.2, 0.25) is 0 Å². The van der Waals surface area contributed by atoms with E-state index in [2.05, 4.69) is 15.5 Å². The minimum Gasteiger partial charge on any atom is -0.497 e. The molecule has 6 nitrogen and oxygen atoms in total. The van der Waals surface area contributed by atoms with Crippen molar-refractivity contribution in [2.75, 3.05) is 18.2 Å². The average molecular weight is 417 g/mol. The molecule has 0 spiro atoms. The minimum atomic E-state index is -0.100. The van der Waals surface area contributed by atoms with Crippen LogP contribution in [0.3, 0.4) is 0 Å². The zero-order valence-corrected chi connectivity index (χ0v) is 17.2. The summed E-state index contributed by atoms with van der Waals surface area (Å²) in [6, 6.07) is 26.9. The zero-order valence-electron chi connectivity index (χ0n) is 16.4. The lowest BCUT2D eigenvalue weighted by Gasteiger charge is -2.11. The van der Waals surface area contributed by atoms with Gasteiger partial charge >= 0.3 is 0 Å². The number of para-hydroxylation sites is 1. The second kappa shape index (κ2) is 9.28. The highest BCUT2D eigenvalue weighted by Gasteiger charge is 2.17. The number of hydrogen-bond donors (Lipinski definition) is 1. The summed E-state index contributed by atoms with van der Waals surface area (Å²) in [5.74, 6) is 1.60. The minimum absolute atomic E-state index is 0.100. The number of ether oxygens (including phenoxy) is 1. The van der Waals surface area contributed by atoms with Crippen LogP contribution in [0.5, 0.6) is 5.75 Å². The summed E-state index contributed by atoms with van der Waals surface area (Å²) >= 11 is 1.34. The third kappa shape index (κ3) is 4.52. The van der Waals surface area contributed by atoms with E-state index in [0.717, 1.165) is 22.7 Å². The number of anilines is 1. The summed E-state index contributed by atoms with van der Waals surface area (Å²) in [5.41, 5.74) is 2.61. The Labute approximate surface area is 178 Å². The summed E-state index contributed by atoms with van der Waals surface area (Å²) in [5, 5.41) is 12.3. The summed E-state index contributed by atoms with van der Waals surface area (Å²) in [6.45, 7) is 0. The molecule has 7 heteroatoms. The first kappa shape index (κ1) is 19.7. The molecule has 0 saturated carbocycles. The van der Waals surface area contributed by atoms with E-state index in [1.165, 1.54) is 11.8 Å². The maximum atomic E-state index is 12.4. The molecule has 1 heterocycles. The fourth-order valence-corrected chi connectivity index (χ4v) is 3.70. The Hall–Kier alpha value is -3.58. The van der Waals surface area contributed by atoms with E-state index in [1.54, 1.807) is 7.11 Å². The molecule has 150 valence electrons. The van der Waals surface area contributed by atoms with Gasteiger partial charge in [0.15, 0.2) is 11.0 Å². The summed E-state index contributed by atoms with van der Waals surface area (Å²) in [7, 11) is 1.63. The first-order valence-electron chi connectivity index (χ1n) is 9.37. The van der Waals surface area contributed by atoms with Gasteiger partial charge in [-0.15, -0.1) is 10.2 Å². The van der Waals surface area contributed by atoms with Crippen LogP contribution in [0.1, 0.15) is 0 Å². The number of benzene rings is 3. The van der Waals surface area contributed by atoms with Crippen LogP contribution in [-0.4, -0.2) is 33.5 Å². The van der Waals surface area contributed by atoms with Crippen molar-refractivity contribution in [1.82, 2.24) is 14.8 Å². The van der Waals surface area contributed by atoms with Crippen LogP contribution in [0.25, 0.3) is 17.1 Å². The molecule has 3 aromatic carbocycles. The Morgan fingerprint density at radius 1 is 0.933 bits per heavy atom. The van der Waals surface area contributed by atoms with Crippen molar-refractivity contribution in [1.29, 1.82) is 0 Å². The van der Waals surface area contributed by atoms with Crippen molar-refractivity contribution in [3.63, 3.8) is 0 Å². The van der Waals surface area contributed by atoms with Gasteiger partial charge in [-0.3, -0.25) is 9.36 Å². The number of rotatable bonds is 7. The molecule has 0 aliphatic carbocycles. The van der Waals surface area contributed by atoms with Gasteiger partial charge in [0.05, 0.1) is 12.9 Å². The highest BCUT2D eigenvalue weighted by atomic mass is 32.2. The van der Waals surface area contributed by atoms with Gasteiger partial charge in [0.2, 0.25) is 5.91 Å². The number of carbonyl (C=O) groups is 1. The number of nitrogens with one attached hydrogen (secondary N) is 1. The number of amides is 1. The summed E-state index contributed by atoms with van der Waals surface area (Å²) in [4.78, 5) is 12.4. The number of nitrogens with zero attached hydrogens (tertiary/aromatic N) is 3. The van der Waals surface area contributed by atoms with E-state index in [4.69, 9.17) is 4.74 Å². The lowest BCUT2D eigenvalue weighted by molar-refractivity contribution is -0.113. The molecule has 1 aromatic heterocycles. The fourth-order valence-electron chi connectivity index (χ4n) is 2.95. The van der Waals surface area contributed by atoms with E-state index >= 15 is 0 Å². The second-order valence-corrected chi connectivity index (χ2v) is 7.35. The van der Waals surface area contributed by atoms with E-state index in [0.29, 0.717) is 11.0 Å². The zero-order chi connectivity index (χ0) is 20.8. The van der Waals surface area contributed by atoms with E-state index in [1.807, 2.05) is 89.5 Å². The van der Waals surface area contributed by atoms with Crippen molar-refractivity contribution in [3.8, 4) is 22.8 Å². The Kier molecular flexibility index (Phi) is 6.10.